The van der Waals surface area contributed by atoms with Crippen molar-refractivity contribution in [1.29, 1.82) is 0 Å². The molecular formula is C15H18F3NO4S. The Bertz CT molecular complexity index is 549. The van der Waals surface area contributed by atoms with Crippen LogP contribution in [0.5, 0.6) is 5.75 Å². The van der Waals surface area contributed by atoms with Crippen LogP contribution in [0.4, 0.5) is 13.2 Å². The maximum absolute atomic E-state index is 12.0. The zero-order chi connectivity index (χ0) is 18.2. The van der Waals surface area contributed by atoms with Crippen LogP contribution in [-0.2, 0) is 16.0 Å². The van der Waals surface area contributed by atoms with Crippen molar-refractivity contribution in [1.82, 2.24) is 5.32 Å². The minimum atomic E-state index is -4.49. The van der Waals surface area contributed by atoms with E-state index in [1.54, 1.807) is 24.3 Å². The fourth-order valence-corrected chi connectivity index (χ4v) is 2.25. The third-order valence-electron chi connectivity index (χ3n) is 2.98. The summed E-state index contributed by atoms with van der Waals surface area (Å²) in [6.07, 6.45) is 0.147. The van der Waals surface area contributed by atoms with Crippen molar-refractivity contribution in [2.24, 2.45) is 5.92 Å². The summed E-state index contributed by atoms with van der Waals surface area (Å²) in [5.74, 6) is -3.05. The Hall–Kier alpha value is -1.90. The lowest BCUT2D eigenvalue weighted by atomic mass is 9.99. The van der Waals surface area contributed by atoms with Crippen LogP contribution in [0.1, 0.15) is 12.5 Å². The van der Waals surface area contributed by atoms with Gasteiger partial charge in [0.15, 0.2) is 0 Å². The molecule has 0 aliphatic heterocycles. The quantitative estimate of drug-likeness (QED) is 0.704. The fraction of sp³-hybridized carbons (Fsp3) is 0.467. The minimum absolute atomic E-state index is 0.147. The molecule has 1 aromatic rings. The van der Waals surface area contributed by atoms with Crippen LogP contribution in [0.2, 0.25) is 0 Å². The third-order valence-corrected chi connectivity index (χ3v) is 3.71. The van der Waals surface area contributed by atoms with Gasteiger partial charge in [-0.1, -0.05) is 12.1 Å². The van der Waals surface area contributed by atoms with Gasteiger partial charge in [0.05, 0.1) is 18.3 Å². The summed E-state index contributed by atoms with van der Waals surface area (Å²) in [6.45, 7) is 2.12. The van der Waals surface area contributed by atoms with E-state index in [0.29, 0.717) is 12.4 Å². The normalized spacial score (nSPS) is 12.5. The largest absolute Gasteiger partial charge is 0.494 e. The van der Waals surface area contributed by atoms with Gasteiger partial charge >= 0.3 is 11.5 Å². The highest BCUT2D eigenvalue weighted by Gasteiger charge is 2.29. The smallest absolute Gasteiger partial charge is 0.442 e. The lowest BCUT2D eigenvalue weighted by Gasteiger charge is -2.14. The Morgan fingerprint density at radius 1 is 1.29 bits per heavy atom. The second-order valence-electron chi connectivity index (χ2n) is 4.85. The summed E-state index contributed by atoms with van der Waals surface area (Å²) < 4.78 is 41.3. The van der Waals surface area contributed by atoms with Gasteiger partial charge in [-0.3, -0.25) is 9.59 Å². The van der Waals surface area contributed by atoms with E-state index in [2.05, 4.69) is 5.32 Å². The molecule has 0 aliphatic rings. The van der Waals surface area contributed by atoms with Gasteiger partial charge < -0.3 is 15.2 Å². The molecule has 1 unspecified atom stereocenters. The molecule has 1 rings (SSSR count). The number of rotatable bonds is 9. The van der Waals surface area contributed by atoms with E-state index in [1.807, 2.05) is 6.92 Å². The maximum Gasteiger partial charge on any atom is 0.442 e. The van der Waals surface area contributed by atoms with E-state index in [9.17, 15) is 27.9 Å². The average molecular weight is 365 g/mol. The SMILES string of the molecule is CCOc1ccc(CC(CNC(=O)CSC(F)(F)F)C(=O)O)cc1. The van der Waals surface area contributed by atoms with Crippen molar-refractivity contribution in [3.05, 3.63) is 29.8 Å². The molecule has 0 aliphatic carbocycles. The van der Waals surface area contributed by atoms with E-state index in [1.165, 1.54) is 0 Å². The van der Waals surface area contributed by atoms with E-state index >= 15 is 0 Å². The van der Waals surface area contributed by atoms with Crippen molar-refractivity contribution >= 4 is 23.6 Å². The molecule has 0 aromatic heterocycles. The number of thioether (sulfide) groups is 1. The second-order valence-corrected chi connectivity index (χ2v) is 5.90. The Labute approximate surface area is 141 Å². The highest BCUT2D eigenvalue weighted by Crippen LogP contribution is 2.29. The molecule has 0 saturated carbocycles. The maximum atomic E-state index is 12.0. The Morgan fingerprint density at radius 3 is 2.42 bits per heavy atom. The number of hydrogen-bond acceptors (Lipinski definition) is 4. The van der Waals surface area contributed by atoms with E-state index in [0.717, 1.165) is 5.56 Å². The number of amides is 1. The number of halogens is 3. The van der Waals surface area contributed by atoms with Crippen LogP contribution in [0.3, 0.4) is 0 Å². The first-order valence-electron chi connectivity index (χ1n) is 7.13. The minimum Gasteiger partial charge on any atom is -0.494 e. The number of carboxylic acids is 1. The summed E-state index contributed by atoms with van der Waals surface area (Å²) in [6, 6.07) is 6.83. The van der Waals surface area contributed by atoms with Gasteiger partial charge in [-0.05, 0) is 42.8 Å². The first-order chi connectivity index (χ1) is 11.2. The monoisotopic (exact) mass is 365 g/mol. The summed E-state index contributed by atoms with van der Waals surface area (Å²) in [5, 5.41) is 11.4. The van der Waals surface area contributed by atoms with Crippen LogP contribution in [-0.4, -0.2) is 41.4 Å². The highest BCUT2D eigenvalue weighted by molar-refractivity contribution is 8.00. The zero-order valence-corrected chi connectivity index (χ0v) is 13.7. The van der Waals surface area contributed by atoms with E-state index in [4.69, 9.17) is 4.74 Å². The molecule has 0 fully saturated rings. The number of carbonyl (C=O) groups excluding carboxylic acids is 1. The molecule has 9 heteroatoms. The van der Waals surface area contributed by atoms with Gasteiger partial charge in [0.25, 0.3) is 0 Å². The molecule has 1 aromatic carbocycles. The van der Waals surface area contributed by atoms with Gasteiger partial charge in [-0.25, -0.2) is 0 Å². The molecule has 0 radical (unpaired) electrons. The third kappa shape index (κ3) is 8.09. The molecule has 2 N–H and O–H groups in total. The summed E-state index contributed by atoms with van der Waals surface area (Å²) in [7, 11) is 0. The molecule has 0 saturated heterocycles. The number of carbonyl (C=O) groups is 2. The first kappa shape index (κ1) is 20.1. The number of carboxylic acid groups (broad SMARTS) is 1. The van der Waals surface area contributed by atoms with Crippen molar-refractivity contribution in [2.45, 2.75) is 18.9 Å². The number of alkyl halides is 3. The van der Waals surface area contributed by atoms with Crippen LogP contribution < -0.4 is 10.1 Å². The number of ether oxygens (including phenoxy) is 1. The van der Waals surface area contributed by atoms with Crippen LogP contribution in [0.15, 0.2) is 24.3 Å². The van der Waals surface area contributed by atoms with Gasteiger partial charge in [0.2, 0.25) is 5.91 Å². The topological polar surface area (TPSA) is 75.6 Å². The van der Waals surface area contributed by atoms with Crippen LogP contribution in [0.25, 0.3) is 0 Å². The molecule has 1 atom stereocenters. The summed E-state index contributed by atoms with van der Waals surface area (Å²) >= 11 is -0.461. The van der Waals surface area contributed by atoms with Gasteiger partial charge in [-0.2, -0.15) is 13.2 Å². The molecule has 24 heavy (non-hydrogen) atoms. The van der Waals surface area contributed by atoms with Crippen molar-refractivity contribution in [3.8, 4) is 5.75 Å². The first-order valence-corrected chi connectivity index (χ1v) is 8.11. The lowest BCUT2D eigenvalue weighted by Crippen LogP contribution is -2.35. The molecule has 0 heterocycles. The van der Waals surface area contributed by atoms with Gasteiger partial charge in [-0.15, -0.1) is 0 Å². The number of hydrogen-bond donors (Lipinski definition) is 2. The molecule has 5 nitrogen and oxygen atoms in total. The number of nitrogens with one attached hydrogen (secondary N) is 1. The van der Waals surface area contributed by atoms with Crippen LogP contribution in [0, 0.1) is 5.92 Å². The Balaban J connectivity index is 2.52. The van der Waals surface area contributed by atoms with Crippen molar-refractivity contribution in [3.63, 3.8) is 0 Å². The van der Waals surface area contributed by atoms with Gasteiger partial charge in [0, 0.05) is 6.54 Å². The highest BCUT2D eigenvalue weighted by atomic mass is 32.2. The predicted molar refractivity (Wildman–Crippen MR) is 84.0 cm³/mol. The molecular weight excluding hydrogens is 347 g/mol. The Kier molecular flexibility index (Phi) is 7.90. The van der Waals surface area contributed by atoms with Crippen LogP contribution >= 0.6 is 11.8 Å². The fourth-order valence-electron chi connectivity index (χ4n) is 1.86. The number of aliphatic carboxylic acids is 1. The van der Waals surface area contributed by atoms with Crippen molar-refractivity contribution in [2.75, 3.05) is 18.9 Å². The molecule has 1 amide bonds. The molecule has 0 spiro atoms. The lowest BCUT2D eigenvalue weighted by molar-refractivity contribution is -0.141. The van der Waals surface area contributed by atoms with Crippen molar-refractivity contribution < 1.29 is 32.6 Å². The Morgan fingerprint density at radius 2 is 1.92 bits per heavy atom. The van der Waals surface area contributed by atoms with E-state index < -0.39 is 40.8 Å². The summed E-state index contributed by atoms with van der Waals surface area (Å²) in [4.78, 5) is 22.6. The summed E-state index contributed by atoms with van der Waals surface area (Å²) in [5.41, 5.74) is -3.77. The second kappa shape index (κ2) is 9.41. The molecule has 0 bridgehead atoms. The predicted octanol–water partition coefficient (Wildman–Crippen LogP) is 2.70. The average Bonchev–Trinajstić information content (AvgIpc) is 2.50. The van der Waals surface area contributed by atoms with Gasteiger partial charge in [0.1, 0.15) is 5.75 Å². The zero-order valence-electron chi connectivity index (χ0n) is 12.9. The number of benzene rings is 1. The standard InChI is InChI=1S/C15H18F3NO4S/c1-2-23-12-5-3-10(4-6-12)7-11(14(21)22)8-19-13(20)9-24-15(16,17)18/h3-6,11H,2,7-9H2,1H3,(H,19,20)(H,21,22). The van der Waals surface area contributed by atoms with E-state index in [-0.39, 0.29) is 13.0 Å². The molecule has 134 valence electrons.